The zero-order valence-electron chi connectivity index (χ0n) is 24.0. The van der Waals surface area contributed by atoms with Crippen LogP contribution in [0.4, 0.5) is 5.69 Å². The highest BCUT2D eigenvalue weighted by Gasteiger charge is 2.60. The zero-order valence-corrected chi connectivity index (χ0v) is 24.0. The summed E-state index contributed by atoms with van der Waals surface area (Å²) in [6.07, 6.45) is 11.9. The van der Waals surface area contributed by atoms with E-state index < -0.39 is 4.92 Å². The van der Waals surface area contributed by atoms with Crippen LogP contribution in [0.5, 0.6) is 0 Å². The van der Waals surface area contributed by atoms with Crippen LogP contribution < -0.4 is 0 Å². The molecule has 5 rings (SSSR count). The summed E-state index contributed by atoms with van der Waals surface area (Å²) in [6.45, 7) is 7.44. The standard InChI is InChI=1S/C32H45NO6/c1-20(5-14-29(34)38-4)26-12-13-27-25-11-8-22-19-24(15-17-31(22,2)28(25)16-18-32(26,27)3)39-30(35)21-6-9-23(10-7-21)33(36)37/h6-7,9-10,20,22,24-28H,5,8,11-19H2,1-4H3. The molecule has 4 aliphatic carbocycles. The number of fused-ring (bicyclic) bond motifs is 5. The molecule has 1 aromatic carbocycles. The molecule has 1 aromatic rings. The summed E-state index contributed by atoms with van der Waals surface area (Å²) in [5.74, 6) is 3.63. The largest absolute Gasteiger partial charge is 0.469 e. The number of carbonyl (C=O) groups excluding carboxylic acids is 2. The van der Waals surface area contributed by atoms with Crippen LogP contribution in [0.15, 0.2) is 24.3 Å². The fraction of sp³-hybridized carbons (Fsp3) is 0.750. The van der Waals surface area contributed by atoms with E-state index in [1.54, 1.807) is 0 Å². The number of hydrogen-bond donors (Lipinski definition) is 0. The van der Waals surface area contributed by atoms with E-state index in [-0.39, 0.29) is 23.7 Å². The molecule has 9 atom stereocenters. The van der Waals surface area contributed by atoms with Crippen molar-refractivity contribution < 1.29 is 24.0 Å². The molecule has 9 unspecified atom stereocenters. The third-order valence-electron chi connectivity index (χ3n) is 12.0. The molecule has 0 aromatic heterocycles. The number of non-ortho nitro benzene ring substituents is 1. The second kappa shape index (κ2) is 10.9. The molecule has 0 N–H and O–H groups in total. The normalized spacial score (nSPS) is 38.1. The van der Waals surface area contributed by atoms with Crippen LogP contribution in [0.25, 0.3) is 0 Å². The average Bonchev–Trinajstić information content (AvgIpc) is 3.29. The Hall–Kier alpha value is -2.44. The Morgan fingerprint density at radius 3 is 2.38 bits per heavy atom. The molecule has 39 heavy (non-hydrogen) atoms. The Labute approximate surface area is 232 Å². The van der Waals surface area contributed by atoms with Crippen molar-refractivity contribution in [1.29, 1.82) is 0 Å². The molecule has 0 radical (unpaired) electrons. The van der Waals surface area contributed by atoms with Crippen LogP contribution in [-0.2, 0) is 14.3 Å². The predicted octanol–water partition coefficient (Wildman–Crippen LogP) is 7.37. The minimum atomic E-state index is -0.460. The second-order valence-corrected chi connectivity index (χ2v) is 13.6. The number of carbonyl (C=O) groups is 2. The first-order valence-corrected chi connectivity index (χ1v) is 15.1. The van der Waals surface area contributed by atoms with Gasteiger partial charge in [-0.15, -0.1) is 0 Å². The van der Waals surface area contributed by atoms with E-state index in [1.165, 1.54) is 69.9 Å². The number of rotatable bonds is 7. The van der Waals surface area contributed by atoms with Crippen LogP contribution in [0.2, 0.25) is 0 Å². The maximum Gasteiger partial charge on any atom is 0.338 e. The number of benzene rings is 1. The van der Waals surface area contributed by atoms with Gasteiger partial charge in [0.2, 0.25) is 0 Å². The van der Waals surface area contributed by atoms with E-state index in [0.29, 0.717) is 40.6 Å². The van der Waals surface area contributed by atoms with Gasteiger partial charge in [0.1, 0.15) is 6.10 Å². The molecular formula is C32H45NO6. The first-order valence-electron chi connectivity index (χ1n) is 15.1. The topological polar surface area (TPSA) is 95.7 Å². The van der Waals surface area contributed by atoms with Crippen LogP contribution in [0, 0.1) is 56.5 Å². The van der Waals surface area contributed by atoms with Crippen molar-refractivity contribution in [3.63, 3.8) is 0 Å². The first-order chi connectivity index (χ1) is 18.6. The van der Waals surface area contributed by atoms with Crippen LogP contribution in [0.1, 0.15) is 102 Å². The van der Waals surface area contributed by atoms with Gasteiger partial charge >= 0.3 is 11.9 Å². The summed E-state index contributed by atoms with van der Waals surface area (Å²) in [6, 6.07) is 5.70. The summed E-state index contributed by atoms with van der Waals surface area (Å²) in [4.78, 5) is 35.0. The predicted molar refractivity (Wildman–Crippen MR) is 148 cm³/mol. The molecule has 4 fully saturated rings. The Bertz CT molecular complexity index is 1090. The van der Waals surface area contributed by atoms with Gasteiger partial charge in [-0.25, -0.2) is 4.79 Å². The van der Waals surface area contributed by atoms with E-state index in [2.05, 4.69) is 20.8 Å². The average molecular weight is 540 g/mol. The minimum Gasteiger partial charge on any atom is -0.469 e. The van der Waals surface area contributed by atoms with Gasteiger partial charge in [0.15, 0.2) is 0 Å². The number of ether oxygens (including phenoxy) is 2. The van der Waals surface area contributed by atoms with Crippen molar-refractivity contribution >= 4 is 17.6 Å². The fourth-order valence-corrected chi connectivity index (χ4v) is 9.89. The lowest BCUT2D eigenvalue weighted by molar-refractivity contribution is -0.384. The third-order valence-corrected chi connectivity index (χ3v) is 12.0. The molecule has 0 saturated heterocycles. The monoisotopic (exact) mass is 539 g/mol. The van der Waals surface area contributed by atoms with Gasteiger partial charge in [-0.05, 0) is 123 Å². The maximum absolute atomic E-state index is 12.8. The number of nitro benzene ring substituents is 1. The summed E-state index contributed by atoms with van der Waals surface area (Å²) >= 11 is 0. The highest BCUT2D eigenvalue weighted by molar-refractivity contribution is 5.89. The van der Waals surface area contributed by atoms with Crippen molar-refractivity contribution in [2.75, 3.05) is 7.11 Å². The molecule has 7 nitrogen and oxygen atoms in total. The molecule has 0 bridgehead atoms. The SMILES string of the molecule is COC(=O)CCC(C)C1CCC2C3CCC4CC(OC(=O)c5ccc([N+](=O)[O-])cc5)CCC4(C)C3CCC12C. The molecular weight excluding hydrogens is 494 g/mol. The van der Waals surface area contributed by atoms with E-state index in [0.717, 1.165) is 43.4 Å². The van der Waals surface area contributed by atoms with E-state index in [1.807, 2.05) is 0 Å². The molecule has 0 amide bonds. The number of hydrogen-bond acceptors (Lipinski definition) is 6. The highest BCUT2D eigenvalue weighted by atomic mass is 16.6. The van der Waals surface area contributed by atoms with E-state index >= 15 is 0 Å². The fourth-order valence-electron chi connectivity index (χ4n) is 9.89. The Kier molecular flexibility index (Phi) is 7.82. The third kappa shape index (κ3) is 5.11. The lowest BCUT2D eigenvalue weighted by Gasteiger charge is -2.61. The van der Waals surface area contributed by atoms with Gasteiger partial charge in [-0.3, -0.25) is 14.9 Å². The molecule has 0 spiro atoms. The quantitative estimate of drug-likeness (QED) is 0.204. The number of esters is 2. The van der Waals surface area contributed by atoms with Crippen molar-refractivity contribution in [1.82, 2.24) is 0 Å². The van der Waals surface area contributed by atoms with Gasteiger partial charge in [-0.1, -0.05) is 20.8 Å². The van der Waals surface area contributed by atoms with Gasteiger partial charge in [0.25, 0.3) is 5.69 Å². The smallest absolute Gasteiger partial charge is 0.338 e. The van der Waals surface area contributed by atoms with Gasteiger partial charge in [0.05, 0.1) is 17.6 Å². The molecule has 214 valence electrons. The summed E-state index contributed by atoms with van der Waals surface area (Å²) < 4.78 is 10.8. The Morgan fingerprint density at radius 2 is 1.69 bits per heavy atom. The molecule has 0 heterocycles. The number of methoxy groups -OCH3 is 1. The van der Waals surface area contributed by atoms with Crippen LogP contribution >= 0.6 is 0 Å². The van der Waals surface area contributed by atoms with Crippen molar-refractivity contribution in [2.24, 2.45) is 46.3 Å². The highest BCUT2D eigenvalue weighted by Crippen LogP contribution is 2.68. The van der Waals surface area contributed by atoms with E-state index in [4.69, 9.17) is 9.47 Å². The summed E-state index contributed by atoms with van der Waals surface area (Å²) in [5, 5.41) is 10.9. The summed E-state index contributed by atoms with van der Waals surface area (Å²) in [5.41, 5.74) is 1.03. The van der Waals surface area contributed by atoms with Crippen molar-refractivity contribution in [2.45, 2.75) is 97.5 Å². The number of nitro groups is 1. The maximum atomic E-state index is 12.8. The van der Waals surface area contributed by atoms with Gasteiger partial charge in [-0.2, -0.15) is 0 Å². The molecule has 7 heteroatoms. The number of nitrogens with zero attached hydrogens (tertiary/aromatic N) is 1. The van der Waals surface area contributed by atoms with E-state index in [9.17, 15) is 19.7 Å². The second-order valence-electron chi connectivity index (χ2n) is 13.6. The van der Waals surface area contributed by atoms with Crippen molar-refractivity contribution in [3.8, 4) is 0 Å². The van der Waals surface area contributed by atoms with Gasteiger partial charge < -0.3 is 9.47 Å². The minimum absolute atomic E-state index is 0.0236. The Balaban J connectivity index is 1.21. The Morgan fingerprint density at radius 1 is 1.00 bits per heavy atom. The summed E-state index contributed by atoms with van der Waals surface area (Å²) in [7, 11) is 1.48. The lowest BCUT2D eigenvalue weighted by Crippen LogP contribution is -2.54. The zero-order chi connectivity index (χ0) is 27.9. The van der Waals surface area contributed by atoms with Gasteiger partial charge in [0, 0.05) is 18.6 Å². The lowest BCUT2D eigenvalue weighted by atomic mass is 9.44. The van der Waals surface area contributed by atoms with Crippen LogP contribution in [0.3, 0.4) is 0 Å². The molecule has 0 aliphatic heterocycles. The first kappa shape index (κ1) is 28.1. The molecule has 4 aliphatic rings. The molecule has 4 saturated carbocycles. The van der Waals surface area contributed by atoms with Crippen molar-refractivity contribution in [3.05, 3.63) is 39.9 Å². The van der Waals surface area contributed by atoms with Crippen LogP contribution in [-0.4, -0.2) is 30.1 Å².